The van der Waals surface area contributed by atoms with Crippen molar-refractivity contribution < 1.29 is 8.42 Å². The zero-order valence-electron chi connectivity index (χ0n) is 9.71. The largest absolute Gasteiger partial charge is 0.305 e. The molecule has 1 atom stereocenters. The number of fused-ring (bicyclic) bond motifs is 1. The maximum Gasteiger partial charge on any atom is 0.158 e. The predicted octanol–water partition coefficient (Wildman–Crippen LogP) is 2.63. The Kier molecular flexibility index (Phi) is 2.83. The number of nitrogens with zero attached hydrogens (tertiary/aromatic N) is 2. The average Bonchev–Trinajstić information content (AvgIpc) is 2.70. The molecule has 0 N–H and O–H groups in total. The van der Waals surface area contributed by atoms with Crippen LogP contribution in [0.5, 0.6) is 0 Å². The van der Waals surface area contributed by atoms with Crippen molar-refractivity contribution in [2.45, 2.75) is 24.5 Å². The lowest BCUT2D eigenvalue weighted by Crippen LogP contribution is -2.21. The summed E-state index contributed by atoms with van der Waals surface area (Å²) in [7, 11) is -3.04. The van der Waals surface area contributed by atoms with Crippen LogP contribution in [0.25, 0.3) is 5.65 Å². The van der Waals surface area contributed by atoms with Gasteiger partial charge in [-0.2, -0.15) is 0 Å². The zero-order chi connectivity index (χ0) is 12.8. The van der Waals surface area contributed by atoms with Gasteiger partial charge in [0, 0.05) is 12.4 Å². The highest BCUT2D eigenvalue weighted by Crippen LogP contribution is 2.32. The van der Waals surface area contributed by atoms with Crippen LogP contribution in [0.2, 0.25) is 5.02 Å². The number of rotatable bonds is 1. The van der Waals surface area contributed by atoms with E-state index in [2.05, 4.69) is 4.98 Å². The Morgan fingerprint density at radius 1 is 1.28 bits per heavy atom. The second kappa shape index (κ2) is 4.24. The molecule has 18 heavy (non-hydrogen) atoms. The molecular weight excluding hydrogens is 272 g/mol. The molecule has 0 saturated carbocycles. The maximum atomic E-state index is 12.1. The van der Waals surface area contributed by atoms with Crippen molar-refractivity contribution in [3.05, 3.63) is 35.2 Å². The van der Waals surface area contributed by atoms with Gasteiger partial charge in [-0.1, -0.05) is 18.0 Å². The van der Waals surface area contributed by atoms with E-state index in [1.165, 1.54) is 0 Å². The first-order chi connectivity index (χ1) is 8.56. The van der Waals surface area contributed by atoms with E-state index >= 15 is 0 Å². The van der Waals surface area contributed by atoms with Gasteiger partial charge >= 0.3 is 0 Å². The minimum atomic E-state index is -3.04. The SMILES string of the molecule is O=S1(=O)CCCCC1c1cn2cc(Cl)ccc2n1. The summed E-state index contributed by atoms with van der Waals surface area (Å²) in [6, 6.07) is 3.55. The van der Waals surface area contributed by atoms with Crippen molar-refractivity contribution >= 4 is 27.1 Å². The van der Waals surface area contributed by atoms with Crippen LogP contribution in [-0.4, -0.2) is 23.6 Å². The number of sulfone groups is 1. The molecule has 1 saturated heterocycles. The number of hydrogen-bond donors (Lipinski definition) is 0. The van der Waals surface area contributed by atoms with Crippen LogP contribution in [0.4, 0.5) is 0 Å². The van der Waals surface area contributed by atoms with E-state index in [9.17, 15) is 8.42 Å². The summed E-state index contributed by atoms with van der Waals surface area (Å²) in [6.45, 7) is 0. The van der Waals surface area contributed by atoms with Gasteiger partial charge in [0.1, 0.15) is 10.9 Å². The molecule has 1 unspecified atom stereocenters. The van der Waals surface area contributed by atoms with Gasteiger partial charge in [-0.15, -0.1) is 0 Å². The second-order valence-corrected chi connectivity index (χ2v) is 7.37. The van der Waals surface area contributed by atoms with Gasteiger partial charge in [0.2, 0.25) is 0 Å². The highest BCUT2D eigenvalue weighted by molar-refractivity contribution is 7.91. The van der Waals surface area contributed by atoms with Gasteiger partial charge in [0.25, 0.3) is 0 Å². The lowest BCUT2D eigenvalue weighted by molar-refractivity contribution is 0.543. The Hall–Kier alpha value is -1.07. The van der Waals surface area contributed by atoms with E-state index in [1.54, 1.807) is 28.9 Å². The molecule has 3 heterocycles. The van der Waals surface area contributed by atoms with E-state index in [0.29, 0.717) is 17.1 Å². The van der Waals surface area contributed by atoms with Crippen molar-refractivity contribution in [3.8, 4) is 0 Å². The van der Waals surface area contributed by atoms with Crippen LogP contribution in [0, 0.1) is 0 Å². The highest BCUT2D eigenvalue weighted by Gasteiger charge is 2.32. The number of hydrogen-bond acceptors (Lipinski definition) is 3. The number of imidazole rings is 1. The minimum Gasteiger partial charge on any atom is -0.305 e. The van der Waals surface area contributed by atoms with E-state index in [0.717, 1.165) is 18.5 Å². The monoisotopic (exact) mass is 284 g/mol. The average molecular weight is 285 g/mol. The Morgan fingerprint density at radius 2 is 2.11 bits per heavy atom. The fraction of sp³-hybridized carbons (Fsp3) is 0.417. The normalized spacial score (nSPS) is 23.3. The number of halogens is 1. The smallest absolute Gasteiger partial charge is 0.158 e. The summed E-state index contributed by atoms with van der Waals surface area (Å²) in [5, 5.41) is 0.155. The van der Waals surface area contributed by atoms with Gasteiger partial charge in [-0.05, 0) is 25.0 Å². The lowest BCUT2D eigenvalue weighted by atomic mass is 10.1. The van der Waals surface area contributed by atoms with E-state index in [1.807, 2.05) is 0 Å². The zero-order valence-corrected chi connectivity index (χ0v) is 11.3. The molecule has 2 aromatic rings. The van der Waals surface area contributed by atoms with Gasteiger partial charge in [-0.3, -0.25) is 0 Å². The number of pyridine rings is 1. The molecule has 0 bridgehead atoms. The fourth-order valence-corrected chi connectivity index (χ4v) is 4.49. The molecule has 96 valence electrons. The van der Waals surface area contributed by atoms with Crippen molar-refractivity contribution in [1.82, 2.24) is 9.38 Å². The van der Waals surface area contributed by atoms with Crippen molar-refractivity contribution in [2.75, 3.05) is 5.75 Å². The third kappa shape index (κ3) is 2.01. The summed E-state index contributed by atoms with van der Waals surface area (Å²) in [5.41, 5.74) is 1.37. The van der Waals surface area contributed by atoms with E-state index in [4.69, 9.17) is 11.6 Å². The molecule has 6 heteroatoms. The third-order valence-electron chi connectivity index (χ3n) is 3.34. The summed E-state index contributed by atoms with van der Waals surface area (Å²) in [4.78, 5) is 4.40. The molecule has 1 aliphatic heterocycles. The quantitative estimate of drug-likeness (QED) is 0.809. The first-order valence-electron chi connectivity index (χ1n) is 5.92. The summed E-state index contributed by atoms with van der Waals surface area (Å²) < 4.78 is 25.9. The van der Waals surface area contributed by atoms with E-state index in [-0.39, 0.29) is 5.75 Å². The van der Waals surface area contributed by atoms with Gasteiger partial charge in [0.05, 0.1) is 16.5 Å². The van der Waals surface area contributed by atoms with Gasteiger partial charge < -0.3 is 4.40 Å². The third-order valence-corrected chi connectivity index (χ3v) is 5.77. The van der Waals surface area contributed by atoms with E-state index < -0.39 is 15.1 Å². The van der Waals surface area contributed by atoms with Gasteiger partial charge in [0.15, 0.2) is 9.84 Å². The standard InChI is InChI=1S/C12H13ClN2O2S/c13-9-4-5-12-14-10(8-15(12)7-9)11-3-1-2-6-18(11,16)17/h4-5,7-8,11H,1-3,6H2. The fourth-order valence-electron chi connectivity index (χ4n) is 2.43. The molecule has 1 fully saturated rings. The molecule has 0 amide bonds. The summed E-state index contributed by atoms with van der Waals surface area (Å²) >= 11 is 5.90. The molecule has 0 spiro atoms. The van der Waals surface area contributed by atoms with Crippen LogP contribution in [0.15, 0.2) is 24.5 Å². The van der Waals surface area contributed by atoms with Crippen LogP contribution in [0.3, 0.4) is 0 Å². The van der Waals surface area contributed by atoms with Crippen LogP contribution >= 0.6 is 11.6 Å². The molecular formula is C12H13ClN2O2S. The first kappa shape index (κ1) is 12.0. The molecule has 3 rings (SSSR count). The Balaban J connectivity index is 2.08. The lowest BCUT2D eigenvalue weighted by Gasteiger charge is -2.20. The van der Waals surface area contributed by atoms with Crippen molar-refractivity contribution in [2.24, 2.45) is 0 Å². The molecule has 2 aromatic heterocycles. The van der Waals surface area contributed by atoms with Crippen molar-refractivity contribution in [1.29, 1.82) is 0 Å². The number of aromatic nitrogens is 2. The van der Waals surface area contributed by atoms with Crippen LogP contribution < -0.4 is 0 Å². The first-order valence-corrected chi connectivity index (χ1v) is 8.01. The highest BCUT2D eigenvalue weighted by atomic mass is 35.5. The molecule has 0 aliphatic carbocycles. The van der Waals surface area contributed by atoms with Gasteiger partial charge in [-0.25, -0.2) is 13.4 Å². The predicted molar refractivity (Wildman–Crippen MR) is 70.6 cm³/mol. The molecule has 0 radical (unpaired) electrons. The Bertz CT molecular complexity index is 693. The Labute approximate surface area is 111 Å². The molecule has 4 nitrogen and oxygen atoms in total. The molecule has 0 aromatic carbocycles. The topological polar surface area (TPSA) is 51.4 Å². The van der Waals surface area contributed by atoms with Crippen molar-refractivity contribution in [3.63, 3.8) is 0 Å². The van der Waals surface area contributed by atoms with Crippen LogP contribution in [-0.2, 0) is 9.84 Å². The van der Waals surface area contributed by atoms with Crippen LogP contribution in [0.1, 0.15) is 30.2 Å². The summed E-state index contributed by atoms with van der Waals surface area (Å²) in [5.74, 6) is 0.270. The maximum absolute atomic E-state index is 12.1. The minimum absolute atomic E-state index is 0.270. The second-order valence-electron chi connectivity index (χ2n) is 4.63. The summed E-state index contributed by atoms with van der Waals surface area (Å²) in [6.07, 6.45) is 5.88. The Morgan fingerprint density at radius 3 is 2.89 bits per heavy atom. The molecule has 1 aliphatic rings.